The summed E-state index contributed by atoms with van der Waals surface area (Å²) in [5.74, 6) is -25.0. The van der Waals surface area contributed by atoms with Crippen LogP contribution in [0.5, 0.6) is 0 Å². The van der Waals surface area contributed by atoms with Crippen LogP contribution in [-0.2, 0) is 104 Å². The first-order chi connectivity index (χ1) is 53.6. The standard InChI is InChI=1S/C64H94N22O23S4/c1-28(2)12-33-53(98)82-40(50(67)95)22-110-112-25-43-60(105)81-39(21-88)57(102)79-37(14-31-19-69-27-71-31)64(109)85-10-4-6-44(85)61(106)72-29(3)51(96)83-42(24-113-111-23-41(58(103)84-43)73-47(90)17-65)59(104)80-38(20-87)56(101)77-35(16-49(93)94)55(100)76-34(15-46(66)89)54(99)78-36(13-30-18-68-26-70-30)63(108)86-11-5-7-45(86)62(107)74-32(52(97)75-33)8-9-48(91)92/h18-19,26-29,32-45,87-88H,4-17,20-25,65H2,1-3H3,(H2,66,89)(H2,67,95)(H,68,70)(H,69,71)(H,72,106)(H,73,90)(H,74,107)(H,75,97)(H,76,100)(H,77,101)(H,78,99)(H,79,102)(H,80,104)(H,81,105)(H,82,98)(H,83,96)(H,84,103)(H,91,92)(H,93,94)/t29-,32-,33-,34-,35-,36-,37-,38-,39-,40-,41-,42-,43-,44-,45-/m0/s1. The zero-order valence-electron chi connectivity index (χ0n) is 61.4. The van der Waals surface area contributed by atoms with Gasteiger partial charge in [0.2, 0.25) is 100 Å². The topological polar surface area (TPSA) is 704 Å². The van der Waals surface area contributed by atoms with Crippen LogP contribution < -0.4 is 86.3 Å². The predicted octanol–water partition coefficient (Wildman–Crippen LogP) is -10.3. The number of aliphatic carboxylic acids is 2. The van der Waals surface area contributed by atoms with Crippen molar-refractivity contribution >= 4 is 156 Å². The molecule has 4 aliphatic heterocycles. The lowest BCUT2D eigenvalue weighted by Crippen LogP contribution is -2.62. The summed E-state index contributed by atoms with van der Waals surface area (Å²) in [4.78, 5) is 281. The highest BCUT2D eigenvalue weighted by atomic mass is 33.1. The van der Waals surface area contributed by atoms with Crippen LogP contribution in [0.1, 0.15) is 89.9 Å². The third kappa shape index (κ3) is 28.4. The van der Waals surface area contributed by atoms with Gasteiger partial charge >= 0.3 is 11.9 Å². The number of carbonyl (C=O) groups excluding carboxylic acids is 17. The van der Waals surface area contributed by atoms with E-state index in [4.69, 9.17) is 17.2 Å². The molecule has 17 amide bonds. The van der Waals surface area contributed by atoms with Crippen molar-refractivity contribution in [3.05, 3.63) is 36.4 Å². The summed E-state index contributed by atoms with van der Waals surface area (Å²) in [6.45, 7) is 1.07. The Labute approximate surface area is 660 Å². The number of carbonyl (C=O) groups is 19. The normalized spacial score (nSPS) is 27.7. The molecule has 4 fully saturated rings. The minimum atomic E-state index is -2.24. The zero-order chi connectivity index (χ0) is 83.3. The molecule has 0 unspecified atom stereocenters. The number of nitrogens with one attached hydrogen (secondary N) is 15. The molecule has 0 saturated carbocycles. The van der Waals surface area contributed by atoms with Gasteiger partial charge < -0.3 is 127 Å². The fourth-order valence-electron chi connectivity index (χ4n) is 11.9. The molecule has 6 rings (SSSR count). The molecular weight excluding hydrogens is 1570 g/mol. The van der Waals surface area contributed by atoms with Crippen molar-refractivity contribution in [3.8, 4) is 0 Å². The number of primary amides is 2. The largest absolute Gasteiger partial charge is 0.481 e. The number of aliphatic hydroxyl groups is 2. The van der Waals surface area contributed by atoms with Crippen molar-refractivity contribution in [2.24, 2.45) is 23.1 Å². The molecule has 622 valence electrons. The fraction of sp³-hybridized carbons (Fsp3) is 0.609. The molecule has 49 heteroatoms. The van der Waals surface area contributed by atoms with Gasteiger partial charge in [0.1, 0.15) is 90.6 Å². The van der Waals surface area contributed by atoms with E-state index in [1.54, 1.807) is 13.8 Å². The van der Waals surface area contributed by atoms with Gasteiger partial charge in [-0.3, -0.25) is 91.1 Å². The van der Waals surface area contributed by atoms with E-state index in [1.165, 1.54) is 32.0 Å². The van der Waals surface area contributed by atoms with Gasteiger partial charge in [0, 0.05) is 79.1 Å². The summed E-state index contributed by atoms with van der Waals surface area (Å²) < 4.78 is 0. The van der Waals surface area contributed by atoms with Gasteiger partial charge in [-0.2, -0.15) is 0 Å². The number of rotatable bonds is 18. The molecule has 113 heavy (non-hydrogen) atoms. The van der Waals surface area contributed by atoms with Crippen LogP contribution in [0.4, 0.5) is 0 Å². The Hall–Kier alpha value is -10.4. The van der Waals surface area contributed by atoms with E-state index >= 15 is 0 Å². The second-order valence-corrected chi connectivity index (χ2v) is 32.0. The molecule has 0 aromatic carbocycles. The van der Waals surface area contributed by atoms with Crippen LogP contribution in [0.15, 0.2) is 25.0 Å². The van der Waals surface area contributed by atoms with Gasteiger partial charge in [-0.05, 0) is 51.4 Å². The van der Waals surface area contributed by atoms with Crippen LogP contribution in [-0.4, -0.2) is 309 Å². The minimum absolute atomic E-state index is 0.0113. The highest BCUT2D eigenvalue weighted by Gasteiger charge is 2.44. The quantitative estimate of drug-likeness (QED) is 0.0616. The Balaban J connectivity index is 1.45. The summed E-state index contributed by atoms with van der Waals surface area (Å²) in [6.07, 6.45) is 0.675. The van der Waals surface area contributed by atoms with Crippen LogP contribution in [0.2, 0.25) is 0 Å². The van der Waals surface area contributed by atoms with Crippen molar-refractivity contribution in [2.45, 2.75) is 182 Å². The molecule has 0 aliphatic carbocycles. The highest BCUT2D eigenvalue weighted by Crippen LogP contribution is 2.27. The molecular formula is C64H94N22O23S4. The molecule has 4 aliphatic rings. The van der Waals surface area contributed by atoms with Gasteiger partial charge in [0.05, 0.1) is 45.3 Å². The summed E-state index contributed by atoms with van der Waals surface area (Å²) in [5.41, 5.74) is 17.5. The molecule has 2 aromatic rings. The molecule has 2 aromatic heterocycles. The number of nitrogens with two attached hydrogens (primary N) is 3. The number of aliphatic hydroxyl groups excluding tert-OH is 2. The Bertz CT molecular complexity index is 3790. The number of carboxylic acids is 2. The first-order valence-corrected chi connectivity index (χ1v) is 40.5. The minimum Gasteiger partial charge on any atom is -0.481 e. The van der Waals surface area contributed by atoms with Gasteiger partial charge in [-0.25, -0.2) is 9.97 Å². The number of nitrogens with zero attached hydrogens (tertiary/aromatic N) is 4. The molecule has 2 bridgehead atoms. The van der Waals surface area contributed by atoms with Crippen molar-refractivity contribution < 1.29 is 112 Å². The van der Waals surface area contributed by atoms with Crippen molar-refractivity contribution in [1.82, 2.24) is 98.9 Å². The maximum Gasteiger partial charge on any atom is 0.305 e. The molecule has 0 spiro atoms. The second-order valence-electron chi connectivity index (χ2n) is 26.9. The van der Waals surface area contributed by atoms with Gasteiger partial charge in [0.15, 0.2) is 0 Å². The van der Waals surface area contributed by atoms with Crippen molar-refractivity contribution in [1.29, 1.82) is 0 Å². The Kier molecular flexibility index (Phi) is 36.2. The number of hydrogen-bond donors (Lipinski definition) is 22. The number of aromatic amines is 2. The van der Waals surface area contributed by atoms with Crippen LogP contribution in [0.3, 0.4) is 0 Å². The summed E-state index contributed by atoms with van der Waals surface area (Å²) >= 11 is 0. The Morgan fingerprint density at radius 1 is 0.504 bits per heavy atom. The number of amides is 17. The van der Waals surface area contributed by atoms with Crippen LogP contribution in [0.25, 0.3) is 0 Å². The first kappa shape index (κ1) is 91.5. The molecule has 15 atom stereocenters. The molecule has 4 saturated heterocycles. The molecule has 45 nitrogen and oxygen atoms in total. The fourth-order valence-corrected chi connectivity index (χ4v) is 16.6. The zero-order valence-corrected chi connectivity index (χ0v) is 64.7. The predicted molar refractivity (Wildman–Crippen MR) is 399 cm³/mol. The van der Waals surface area contributed by atoms with Crippen molar-refractivity contribution in [3.63, 3.8) is 0 Å². The summed E-state index contributed by atoms with van der Waals surface area (Å²) in [6, 6.07) is -26.2. The van der Waals surface area contributed by atoms with E-state index in [0.717, 1.165) is 53.0 Å². The van der Waals surface area contributed by atoms with E-state index in [9.17, 15) is 112 Å². The maximum atomic E-state index is 14.8. The average Bonchev–Trinajstić information content (AvgIpc) is 1.75. The highest BCUT2D eigenvalue weighted by molar-refractivity contribution is 8.77. The van der Waals surface area contributed by atoms with Crippen molar-refractivity contribution in [2.75, 3.05) is 55.9 Å². The number of imidazole rings is 2. The van der Waals surface area contributed by atoms with E-state index in [1.807, 2.05) is 0 Å². The smallest absolute Gasteiger partial charge is 0.305 e. The lowest BCUT2D eigenvalue weighted by atomic mass is 10.0. The third-order valence-electron chi connectivity index (χ3n) is 17.8. The number of carboxylic acid groups (broad SMARTS) is 2. The van der Waals surface area contributed by atoms with E-state index in [2.05, 4.69) is 89.1 Å². The molecule has 25 N–H and O–H groups in total. The number of H-pyrrole nitrogens is 2. The first-order valence-electron chi connectivity index (χ1n) is 35.5. The van der Waals surface area contributed by atoms with Gasteiger partial charge in [-0.15, -0.1) is 0 Å². The lowest BCUT2D eigenvalue weighted by molar-refractivity contribution is -0.143. The summed E-state index contributed by atoms with van der Waals surface area (Å²) in [5, 5.41) is 72.1. The molecule has 0 radical (unpaired) electrons. The summed E-state index contributed by atoms with van der Waals surface area (Å²) in [7, 11) is 3.02. The number of hydrogen-bond acceptors (Lipinski definition) is 28. The molecule has 6 heterocycles. The monoisotopic (exact) mass is 1670 g/mol. The van der Waals surface area contributed by atoms with Crippen LogP contribution >= 0.6 is 43.2 Å². The van der Waals surface area contributed by atoms with E-state index in [0.29, 0.717) is 0 Å². The Morgan fingerprint density at radius 2 is 0.929 bits per heavy atom. The SMILES string of the molecule is CC(C)C[C@@H]1NC(=O)[C@H](CCC(=O)O)NC(=O)[C@@H]2CCCN2C(=O)[C@H](Cc2cnc[nH]2)NC(=O)[C@H](CC(N)=O)NC(=O)[C@H](CC(=O)O)NC(=O)[C@H](CO)NC(=O)[C@@H]2CSSC[C@H](NC(=O)CN)C(=O)N[C@@H](CSSC[C@@H](C(N)=O)NC1=O)C(=O)N[C@@H](CO)C(=O)N[C@@H](Cc1cnc[nH]1)C(=O)N1CCC[C@H]1C(=O)N[C@@H](C)C(=O)N2. The maximum absolute atomic E-state index is 14.8. The Morgan fingerprint density at radius 3 is 1.38 bits per heavy atom. The van der Waals surface area contributed by atoms with E-state index in [-0.39, 0.29) is 63.0 Å². The van der Waals surface area contributed by atoms with Crippen LogP contribution in [0, 0.1) is 5.92 Å². The number of aromatic nitrogens is 4. The third-order valence-corrected chi connectivity index (χ3v) is 22.6. The lowest BCUT2D eigenvalue weighted by Gasteiger charge is -2.31. The number of fused-ring (bicyclic) bond motifs is 10. The van der Waals surface area contributed by atoms with Gasteiger partial charge in [-0.1, -0.05) is 57.0 Å². The second kappa shape index (κ2) is 44.8. The van der Waals surface area contributed by atoms with E-state index < -0.39 is 284 Å². The average molecular weight is 1670 g/mol. The van der Waals surface area contributed by atoms with Gasteiger partial charge in [0.25, 0.3) is 0 Å².